The van der Waals surface area contributed by atoms with E-state index in [1.807, 2.05) is 24.3 Å². The van der Waals surface area contributed by atoms with Gasteiger partial charge in [0.1, 0.15) is 0 Å². The maximum Gasteiger partial charge on any atom is 0.303 e. The van der Waals surface area contributed by atoms with Crippen molar-refractivity contribution in [3.63, 3.8) is 0 Å². The van der Waals surface area contributed by atoms with Gasteiger partial charge in [0.25, 0.3) is 5.56 Å². The minimum absolute atomic E-state index is 0.137. The highest BCUT2D eigenvalue weighted by Gasteiger charge is 2.04. The van der Waals surface area contributed by atoms with E-state index in [-0.39, 0.29) is 12.0 Å². The molecule has 5 nitrogen and oxygen atoms in total. The van der Waals surface area contributed by atoms with E-state index in [4.69, 9.17) is 5.11 Å². The summed E-state index contributed by atoms with van der Waals surface area (Å²) < 4.78 is 1.64. The average molecular weight is 246 g/mol. The zero-order chi connectivity index (χ0) is 13.0. The van der Waals surface area contributed by atoms with Crippen LogP contribution in [0, 0.1) is 0 Å². The van der Waals surface area contributed by atoms with E-state index < -0.39 is 5.97 Å². The number of carboxylic acid groups (broad SMARTS) is 1. The summed E-state index contributed by atoms with van der Waals surface area (Å²) in [6.07, 6.45) is 2.68. The molecule has 0 radical (unpaired) electrons. The van der Waals surface area contributed by atoms with Crippen LogP contribution in [0.15, 0.2) is 35.3 Å². The number of unbranched alkanes of at least 4 members (excludes halogenated alkanes) is 1. The van der Waals surface area contributed by atoms with Gasteiger partial charge in [-0.15, -0.1) is 0 Å². The Hall–Kier alpha value is -2.17. The van der Waals surface area contributed by atoms with Gasteiger partial charge in [-0.05, 0) is 25.0 Å². The van der Waals surface area contributed by atoms with Crippen LogP contribution in [-0.2, 0) is 11.3 Å². The molecule has 0 aliphatic carbocycles. The Labute approximate surface area is 104 Å². The Morgan fingerprint density at radius 1 is 1.28 bits per heavy atom. The van der Waals surface area contributed by atoms with E-state index in [1.165, 1.54) is 6.20 Å². The number of para-hydroxylation sites is 2. The molecule has 1 heterocycles. The first-order chi connectivity index (χ1) is 8.68. The second-order valence-electron chi connectivity index (χ2n) is 4.09. The van der Waals surface area contributed by atoms with Crippen LogP contribution < -0.4 is 5.56 Å². The van der Waals surface area contributed by atoms with E-state index >= 15 is 0 Å². The molecule has 0 amide bonds. The molecule has 2 aromatic rings. The number of aromatic nitrogens is 2. The smallest absolute Gasteiger partial charge is 0.303 e. The highest BCUT2D eigenvalue weighted by molar-refractivity contribution is 5.74. The largest absolute Gasteiger partial charge is 0.481 e. The number of aryl methyl sites for hydroxylation is 1. The van der Waals surface area contributed by atoms with Gasteiger partial charge >= 0.3 is 5.97 Å². The minimum atomic E-state index is -0.804. The van der Waals surface area contributed by atoms with Crippen molar-refractivity contribution in [3.05, 3.63) is 40.8 Å². The Kier molecular flexibility index (Phi) is 3.72. The van der Waals surface area contributed by atoms with Crippen LogP contribution in [0.1, 0.15) is 19.3 Å². The third-order valence-electron chi connectivity index (χ3n) is 2.77. The molecule has 0 unspecified atom stereocenters. The van der Waals surface area contributed by atoms with Crippen molar-refractivity contribution >= 4 is 17.0 Å². The third kappa shape index (κ3) is 2.74. The summed E-state index contributed by atoms with van der Waals surface area (Å²) >= 11 is 0. The topological polar surface area (TPSA) is 72.2 Å². The van der Waals surface area contributed by atoms with E-state index in [0.29, 0.717) is 19.4 Å². The normalized spacial score (nSPS) is 10.7. The Morgan fingerprint density at radius 3 is 2.83 bits per heavy atom. The summed E-state index contributed by atoms with van der Waals surface area (Å²) in [5, 5.41) is 8.56. The Bertz CT molecular complexity index is 619. The summed E-state index contributed by atoms with van der Waals surface area (Å²) in [6.45, 7) is 0.523. The highest BCUT2D eigenvalue weighted by atomic mass is 16.4. The SMILES string of the molecule is O=C(O)CCCCn1c(=O)cnc2ccccc21. The first kappa shape index (κ1) is 12.3. The molecule has 18 heavy (non-hydrogen) atoms. The van der Waals surface area contributed by atoms with Crippen LogP contribution in [0.4, 0.5) is 0 Å². The molecular formula is C13H14N2O3. The molecule has 1 aromatic heterocycles. The lowest BCUT2D eigenvalue weighted by Gasteiger charge is -2.08. The molecule has 94 valence electrons. The van der Waals surface area contributed by atoms with Gasteiger partial charge in [0, 0.05) is 13.0 Å². The molecule has 0 saturated heterocycles. The molecule has 0 bridgehead atoms. The monoisotopic (exact) mass is 246 g/mol. The molecule has 0 saturated carbocycles. The fraction of sp³-hybridized carbons (Fsp3) is 0.308. The summed E-state index contributed by atoms with van der Waals surface area (Å²) in [5.74, 6) is -0.804. The van der Waals surface area contributed by atoms with E-state index in [9.17, 15) is 9.59 Å². The molecule has 5 heteroatoms. The standard InChI is InChI=1S/C13H14N2O3/c16-12-9-14-10-5-1-2-6-11(10)15(12)8-4-3-7-13(17)18/h1-2,5-6,9H,3-4,7-8H2,(H,17,18). The van der Waals surface area contributed by atoms with Gasteiger partial charge in [-0.25, -0.2) is 4.98 Å². The lowest BCUT2D eigenvalue weighted by Crippen LogP contribution is -2.20. The first-order valence-electron chi connectivity index (χ1n) is 5.85. The number of rotatable bonds is 5. The predicted molar refractivity (Wildman–Crippen MR) is 67.5 cm³/mol. The zero-order valence-electron chi connectivity index (χ0n) is 9.87. The van der Waals surface area contributed by atoms with Crippen LogP contribution >= 0.6 is 0 Å². The van der Waals surface area contributed by atoms with Crippen molar-refractivity contribution in [3.8, 4) is 0 Å². The van der Waals surface area contributed by atoms with Crippen molar-refractivity contribution in [2.24, 2.45) is 0 Å². The van der Waals surface area contributed by atoms with Crippen molar-refractivity contribution in [2.75, 3.05) is 0 Å². The van der Waals surface area contributed by atoms with E-state index in [1.54, 1.807) is 4.57 Å². The van der Waals surface area contributed by atoms with Crippen molar-refractivity contribution < 1.29 is 9.90 Å². The van der Waals surface area contributed by atoms with Crippen molar-refractivity contribution in [1.82, 2.24) is 9.55 Å². The average Bonchev–Trinajstić information content (AvgIpc) is 2.36. The number of carboxylic acids is 1. The Balaban J connectivity index is 2.19. The van der Waals surface area contributed by atoms with Crippen LogP contribution in [0.3, 0.4) is 0 Å². The molecule has 0 atom stereocenters. The minimum Gasteiger partial charge on any atom is -0.481 e. The quantitative estimate of drug-likeness (QED) is 0.814. The van der Waals surface area contributed by atoms with Gasteiger partial charge in [-0.1, -0.05) is 12.1 Å². The van der Waals surface area contributed by atoms with Gasteiger partial charge in [-0.3, -0.25) is 9.59 Å². The summed E-state index contributed by atoms with van der Waals surface area (Å²) in [6, 6.07) is 7.43. The summed E-state index contributed by atoms with van der Waals surface area (Å²) in [4.78, 5) is 26.2. The van der Waals surface area contributed by atoms with Crippen LogP contribution in [0.25, 0.3) is 11.0 Å². The number of fused-ring (bicyclic) bond motifs is 1. The number of benzene rings is 1. The lowest BCUT2D eigenvalue weighted by atomic mass is 10.2. The molecule has 0 fully saturated rings. The zero-order valence-corrected chi connectivity index (χ0v) is 9.87. The fourth-order valence-corrected chi connectivity index (χ4v) is 1.89. The van der Waals surface area contributed by atoms with Crippen molar-refractivity contribution in [2.45, 2.75) is 25.8 Å². The third-order valence-corrected chi connectivity index (χ3v) is 2.77. The van der Waals surface area contributed by atoms with Gasteiger partial charge in [0.15, 0.2) is 0 Å². The van der Waals surface area contributed by atoms with E-state index in [0.717, 1.165) is 11.0 Å². The van der Waals surface area contributed by atoms with Gasteiger partial charge in [0.05, 0.1) is 17.2 Å². The van der Waals surface area contributed by atoms with Crippen LogP contribution in [-0.4, -0.2) is 20.6 Å². The molecule has 2 rings (SSSR count). The van der Waals surface area contributed by atoms with Crippen LogP contribution in [0.2, 0.25) is 0 Å². The van der Waals surface area contributed by atoms with E-state index in [2.05, 4.69) is 4.98 Å². The number of aliphatic carboxylic acids is 1. The molecular weight excluding hydrogens is 232 g/mol. The van der Waals surface area contributed by atoms with Gasteiger partial charge < -0.3 is 9.67 Å². The number of hydrogen-bond acceptors (Lipinski definition) is 3. The second-order valence-corrected chi connectivity index (χ2v) is 4.09. The number of carbonyl (C=O) groups is 1. The van der Waals surface area contributed by atoms with Crippen LogP contribution in [0.5, 0.6) is 0 Å². The second kappa shape index (κ2) is 5.44. The Morgan fingerprint density at radius 2 is 2.06 bits per heavy atom. The number of hydrogen-bond donors (Lipinski definition) is 1. The lowest BCUT2D eigenvalue weighted by molar-refractivity contribution is -0.137. The molecule has 0 spiro atoms. The maximum absolute atomic E-state index is 11.7. The summed E-state index contributed by atoms with van der Waals surface area (Å²) in [7, 11) is 0. The molecule has 0 aliphatic heterocycles. The highest BCUT2D eigenvalue weighted by Crippen LogP contribution is 2.09. The number of nitrogens with zero attached hydrogens (tertiary/aromatic N) is 2. The predicted octanol–water partition coefficient (Wildman–Crippen LogP) is 1.65. The van der Waals surface area contributed by atoms with Crippen molar-refractivity contribution in [1.29, 1.82) is 0 Å². The van der Waals surface area contributed by atoms with Gasteiger partial charge in [0.2, 0.25) is 0 Å². The molecule has 1 aromatic carbocycles. The molecule has 0 aliphatic rings. The maximum atomic E-state index is 11.7. The molecule has 1 N–H and O–H groups in total. The summed E-state index contributed by atoms with van der Waals surface area (Å²) in [5.41, 5.74) is 1.42. The first-order valence-corrected chi connectivity index (χ1v) is 5.85. The fourth-order valence-electron chi connectivity index (χ4n) is 1.89. The van der Waals surface area contributed by atoms with Gasteiger partial charge in [-0.2, -0.15) is 0 Å².